The van der Waals surface area contributed by atoms with Gasteiger partial charge in [-0.25, -0.2) is 0 Å². The average molecular weight is 286 g/mol. The third-order valence-electron chi connectivity index (χ3n) is 5.63. The summed E-state index contributed by atoms with van der Waals surface area (Å²) < 4.78 is 0. The van der Waals surface area contributed by atoms with E-state index < -0.39 is 0 Å². The van der Waals surface area contributed by atoms with Crippen molar-refractivity contribution in [1.82, 2.24) is 10.2 Å². The molecule has 1 N–H and O–H groups in total. The van der Waals surface area contributed by atoms with Gasteiger partial charge in [-0.1, -0.05) is 57.0 Å². The van der Waals surface area contributed by atoms with Crippen molar-refractivity contribution in [2.24, 2.45) is 5.92 Å². The zero-order chi connectivity index (χ0) is 14.7. The first-order chi connectivity index (χ1) is 10.3. The lowest BCUT2D eigenvalue weighted by atomic mass is 9.83. The molecule has 1 aromatic rings. The third kappa shape index (κ3) is 3.32. The van der Waals surface area contributed by atoms with Gasteiger partial charge >= 0.3 is 0 Å². The molecule has 2 heteroatoms. The number of benzene rings is 1. The molecule has 0 aromatic heterocycles. The van der Waals surface area contributed by atoms with Crippen LogP contribution in [0, 0.1) is 5.92 Å². The van der Waals surface area contributed by atoms with Gasteiger partial charge in [0.1, 0.15) is 0 Å². The SMILES string of the molecule is CCC1CNC(c2ccccc2)CN1C1CCCCC1C. The lowest BCUT2D eigenvalue weighted by molar-refractivity contribution is 0.0333. The Hall–Kier alpha value is -0.860. The van der Waals surface area contributed by atoms with E-state index in [-0.39, 0.29) is 0 Å². The van der Waals surface area contributed by atoms with Crippen LogP contribution < -0.4 is 5.32 Å². The molecule has 2 aliphatic rings. The highest BCUT2D eigenvalue weighted by molar-refractivity contribution is 5.20. The Morgan fingerprint density at radius 1 is 1.14 bits per heavy atom. The molecule has 116 valence electrons. The molecule has 2 nitrogen and oxygen atoms in total. The Labute approximate surface area is 129 Å². The second-order valence-corrected chi connectivity index (χ2v) is 6.96. The van der Waals surface area contributed by atoms with E-state index in [1.165, 1.54) is 44.2 Å². The van der Waals surface area contributed by atoms with Crippen LogP contribution in [0.15, 0.2) is 30.3 Å². The largest absolute Gasteiger partial charge is 0.307 e. The normalized spacial score (nSPS) is 34.8. The van der Waals surface area contributed by atoms with Gasteiger partial charge in [0, 0.05) is 31.2 Å². The quantitative estimate of drug-likeness (QED) is 0.904. The molecule has 0 radical (unpaired) electrons. The van der Waals surface area contributed by atoms with E-state index >= 15 is 0 Å². The summed E-state index contributed by atoms with van der Waals surface area (Å²) in [7, 11) is 0. The van der Waals surface area contributed by atoms with Gasteiger partial charge in [0.2, 0.25) is 0 Å². The molecule has 1 aliphatic carbocycles. The summed E-state index contributed by atoms with van der Waals surface area (Å²) >= 11 is 0. The van der Waals surface area contributed by atoms with E-state index in [2.05, 4.69) is 54.4 Å². The molecule has 1 aliphatic heterocycles. The first-order valence-electron chi connectivity index (χ1n) is 8.83. The topological polar surface area (TPSA) is 15.3 Å². The van der Waals surface area contributed by atoms with E-state index in [1.807, 2.05) is 0 Å². The van der Waals surface area contributed by atoms with E-state index in [0.717, 1.165) is 24.5 Å². The van der Waals surface area contributed by atoms with Crippen molar-refractivity contribution in [1.29, 1.82) is 0 Å². The van der Waals surface area contributed by atoms with E-state index in [9.17, 15) is 0 Å². The fourth-order valence-corrected chi connectivity index (χ4v) is 4.30. The number of nitrogens with zero attached hydrogens (tertiary/aromatic N) is 1. The Bertz CT molecular complexity index is 430. The van der Waals surface area contributed by atoms with Gasteiger partial charge in [-0.2, -0.15) is 0 Å². The molecule has 0 amide bonds. The van der Waals surface area contributed by atoms with Gasteiger partial charge in [0.15, 0.2) is 0 Å². The smallest absolute Gasteiger partial charge is 0.0450 e. The summed E-state index contributed by atoms with van der Waals surface area (Å²) in [4.78, 5) is 2.85. The van der Waals surface area contributed by atoms with Gasteiger partial charge in [-0.3, -0.25) is 4.90 Å². The van der Waals surface area contributed by atoms with Crippen LogP contribution in [0.2, 0.25) is 0 Å². The van der Waals surface area contributed by atoms with Crippen molar-refractivity contribution < 1.29 is 0 Å². The number of piperazine rings is 1. The van der Waals surface area contributed by atoms with Crippen LogP contribution in [-0.2, 0) is 0 Å². The molecular weight excluding hydrogens is 256 g/mol. The average Bonchev–Trinajstić information content (AvgIpc) is 2.55. The summed E-state index contributed by atoms with van der Waals surface area (Å²) in [5.41, 5.74) is 1.44. The van der Waals surface area contributed by atoms with Crippen molar-refractivity contribution in [3.8, 4) is 0 Å². The highest BCUT2D eigenvalue weighted by Gasteiger charge is 2.35. The van der Waals surface area contributed by atoms with Gasteiger partial charge < -0.3 is 5.32 Å². The molecule has 21 heavy (non-hydrogen) atoms. The molecule has 0 bridgehead atoms. The predicted molar refractivity (Wildman–Crippen MR) is 89.4 cm³/mol. The molecule has 2 fully saturated rings. The van der Waals surface area contributed by atoms with Crippen LogP contribution in [-0.4, -0.2) is 30.1 Å². The molecular formula is C19H30N2. The molecule has 1 saturated heterocycles. The minimum atomic E-state index is 0.503. The highest BCUT2D eigenvalue weighted by Crippen LogP contribution is 2.33. The van der Waals surface area contributed by atoms with E-state index in [1.54, 1.807) is 0 Å². The van der Waals surface area contributed by atoms with Gasteiger partial charge in [0.25, 0.3) is 0 Å². The van der Waals surface area contributed by atoms with E-state index in [0.29, 0.717) is 6.04 Å². The molecule has 3 rings (SSSR count). The van der Waals surface area contributed by atoms with Crippen molar-refractivity contribution in [2.75, 3.05) is 13.1 Å². The molecule has 4 atom stereocenters. The minimum absolute atomic E-state index is 0.503. The standard InChI is InChI=1S/C19H30N2/c1-3-17-13-20-18(16-10-5-4-6-11-16)14-21(17)19-12-8-7-9-15(19)2/h4-6,10-11,15,17-20H,3,7-9,12-14H2,1-2H3. The maximum Gasteiger partial charge on any atom is 0.0450 e. The van der Waals surface area contributed by atoms with Crippen molar-refractivity contribution in [2.45, 2.75) is 64.1 Å². The molecule has 1 saturated carbocycles. The number of rotatable bonds is 3. The predicted octanol–water partition coefficient (Wildman–Crippen LogP) is 3.99. The third-order valence-corrected chi connectivity index (χ3v) is 5.63. The minimum Gasteiger partial charge on any atom is -0.307 e. The zero-order valence-corrected chi connectivity index (χ0v) is 13.6. The van der Waals surface area contributed by atoms with Gasteiger partial charge in [-0.05, 0) is 30.7 Å². The molecule has 1 aromatic carbocycles. The highest BCUT2D eigenvalue weighted by atomic mass is 15.3. The Morgan fingerprint density at radius 2 is 1.90 bits per heavy atom. The first kappa shape index (κ1) is 15.1. The second-order valence-electron chi connectivity index (χ2n) is 6.96. The number of hydrogen-bond acceptors (Lipinski definition) is 2. The summed E-state index contributed by atoms with van der Waals surface area (Å²) in [5, 5.41) is 3.78. The van der Waals surface area contributed by atoms with Crippen molar-refractivity contribution in [3.05, 3.63) is 35.9 Å². The van der Waals surface area contributed by atoms with Crippen LogP contribution in [0.5, 0.6) is 0 Å². The summed E-state index contributed by atoms with van der Waals surface area (Å²) in [5.74, 6) is 0.863. The summed E-state index contributed by atoms with van der Waals surface area (Å²) in [6.45, 7) is 7.13. The van der Waals surface area contributed by atoms with Crippen molar-refractivity contribution >= 4 is 0 Å². The molecule has 4 unspecified atom stereocenters. The maximum absolute atomic E-state index is 3.78. The summed E-state index contributed by atoms with van der Waals surface area (Å²) in [6, 6.07) is 13.0. The Kier molecular flexibility index (Phi) is 4.97. The molecule has 0 spiro atoms. The monoisotopic (exact) mass is 286 g/mol. The Morgan fingerprint density at radius 3 is 2.62 bits per heavy atom. The lowest BCUT2D eigenvalue weighted by Crippen LogP contribution is -2.57. The zero-order valence-electron chi connectivity index (χ0n) is 13.6. The molecule has 1 heterocycles. The number of nitrogens with one attached hydrogen (secondary N) is 1. The van der Waals surface area contributed by atoms with E-state index in [4.69, 9.17) is 0 Å². The van der Waals surface area contributed by atoms with Gasteiger partial charge in [0.05, 0.1) is 0 Å². The van der Waals surface area contributed by atoms with Crippen LogP contribution in [0.25, 0.3) is 0 Å². The number of hydrogen-bond donors (Lipinski definition) is 1. The fraction of sp³-hybridized carbons (Fsp3) is 0.684. The second kappa shape index (κ2) is 6.93. The fourth-order valence-electron chi connectivity index (χ4n) is 4.30. The van der Waals surface area contributed by atoms with Crippen molar-refractivity contribution in [3.63, 3.8) is 0 Å². The first-order valence-corrected chi connectivity index (χ1v) is 8.83. The maximum atomic E-state index is 3.78. The summed E-state index contributed by atoms with van der Waals surface area (Å²) in [6.07, 6.45) is 6.94. The lowest BCUT2D eigenvalue weighted by Gasteiger charge is -2.48. The van der Waals surface area contributed by atoms with Crippen LogP contribution in [0.4, 0.5) is 0 Å². The van der Waals surface area contributed by atoms with Crippen LogP contribution in [0.3, 0.4) is 0 Å². The van der Waals surface area contributed by atoms with Crippen LogP contribution >= 0.6 is 0 Å². The Balaban J connectivity index is 1.75. The van der Waals surface area contributed by atoms with Gasteiger partial charge in [-0.15, -0.1) is 0 Å². The van der Waals surface area contributed by atoms with Crippen LogP contribution in [0.1, 0.15) is 57.6 Å².